The van der Waals surface area contributed by atoms with Gasteiger partial charge in [-0.2, -0.15) is 0 Å². The number of halogens is 1. The van der Waals surface area contributed by atoms with Crippen molar-refractivity contribution in [2.75, 3.05) is 27.9 Å². The van der Waals surface area contributed by atoms with Gasteiger partial charge in [0, 0.05) is 18.2 Å². The smallest absolute Gasteiger partial charge is 0.203 e. The number of nitrogens with one attached hydrogen (secondary N) is 1. The van der Waals surface area contributed by atoms with Gasteiger partial charge in [0.15, 0.2) is 17.5 Å². The molecule has 0 aromatic heterocycles. The van der Waals surface area contributed by atoms with Crippen LogP contribution in [0.3, 0.4) is 0 Å². The Morgan fingerprint density at radius 3 is 2.27 bits per heavy atom. The minimum absolute atomic E-state index is 0. The van der Waals surface area contributed by atoms with Crippen LogP contribution < -0.4 is 25.3 Å². The molecule has 1 aromatic rings. The van der Waals surface area contributed by atoms with Crippen LogP contribution in [0.5, 0.6) is 17.2 Å². The van der Waals surface area contributed by atoms with Gasteiger partial charge in [0.2, 0.25) is 5.75 Å². The zero-order valence-electron chi connectivity index (χ0n) is 16.0. The van der Waals surface area contributed by atoms with Gasteiger partial charge in [0.05, 0.1) is 21.3 Å². The van der Waals surface area contributed by atoms with Crippen molar-refractivity contribution in [3.63, 3.8) is 0 Å². The molecule has 1 aliphatic rings. The first-order chi connectivity index (χ1) is 12.2. The van der Waals surface area contributed by atoms with Crippen molar-refractivity contribution >= 4 is 29.9 Å². The Labute approximate surface area is 173 Å². The molecule has 0 atom stereocenters. The summed E-state index contributed by atoms with van der Waals surface area (Å²) in [7, 11) is 4.85. The number of hydrogen-bond donors (Lipinski definition) is 2. The zero-order chi connectivity index (χ0) is 18.1. The monoisotopic (exact) mass is 477 g/mol. The second-order valence-electron chi connectivity index (χ2n) is 6.34. The van der Waals surface area contributed by atoms with E-state index in [-0.39, 0.29) is 24.0 Å². The Hall–Kier alpha value is -1.38. The second kappa shape index (κ2) is 12.1. The minimum atomic E-state index is 0. The van der Waals surface area contributed by atoms with E-state index in [9.17, 15) is 0 Å². The number of methoxy groups -OCH3 is 3. The SMILES string of the molecule is COc1ccc(CCN=C(N)NC2CCCCCC2)c(OC)c1OC.I. The van der Waals surface area contributed by atoms with E-state index in [1.165, 1.54) is 38.5 Å². The van der Waals surface area contributed by atoms with E-state index in [0.717, 1.165) is 12.0 Å². The van der Waals surface area contributed by atoms with Gasteiger partial charge in [-0.05, 0) is 25.3 Å². The number of nitrogens with zero attached hydrogens (tertiary/aromatic N) is 1. The predicted molar refractivity (Wildman–Crippen MR) is 116 cm³/mol. The van der Waals surface area contributed by atoms with Crippen molar-refractivity contribution < 1.29 is 14.2 Å². The van der Waals surface area contributed by atoms with E-state index >= 15 is 0 Å². The molecule has 0 unspecified atom stereocenters. The largest absolute Gasteiger partial charge is 0.493 e. The molecular formula is C19H32IN3O3. The molecule has 148 valence electrons. The molecule has 1 aromatic carbocycles. The fraction of sp³-hybridized carbons (Fsp3) is 0.632. The summed E-state index contributed by atoms with van der Waals surface area (Å²) >= 11 is 0. The summed E-state index contributed by atoms with van der Waals surface area (Å²) in [5.74, 6) is 2.48. The first-order valence-corrected chi connectivity index (χ1v) is 9.04. The summed E-state index contributed by atoms with van der Waals surface area (Å²) in [6, 6.07) is 4.32. The van der Waals surface area contributed by atoms with Gasteiger partial charge in [-0.15, -0.1) is 24.0 Å². The van der Waals surface area contributed by atoms with Crippen molar-refractivity contribution in [1.82, 2.24) is 5.32 Å². The molecule has 7 heteroatoms. The van der Waals surface area contributed by atoms with Crippen LogP contribution in [0.1, 0.15) is 44.1 Å². The Morgan fingerprint density at radius 1 is 1.04 bits per heavy atom. The molecule has 1 fully saturated rings. The first kappa shape index (κ1) is 22.7. The lowest BCUT2D eigenvalue weighted by molar-refractivity contribution is 0.322. The fourth-order valence-corrected chi connectivity index (χ4v) is 3.34. The van der Waals surface area contributed by atoms with Gasteiger partial charge in [0.25, 0.3) is 0 Å². The highest BCUT2D eigenvalue weighted by Gasteiger charge is 2.16. The molecule has 0 aliphatic heterocycles. The molecule has 2 rings (SSSR count). The minimum Gasteiger partial charge on any atom is -0.493 e. The lowest BCUT2D eigenvalue weighted by Gasteiger charge is -2.17. The van der Waals surface area contributed by atoms with Crippen molar-refractivity contribution in [1.29, 1.82) is 0 Å². The average molecular weight is 477 g/mol. The fourth-order valence-electron chi connectivity index (χ4n) is 3.34. The molecule has 26 heavy (non-hydrogen) atoms. The average Bonchev–Trinajstić information content (AvgIpc) is 2.89. The molecule has 1 aliphatic carbocycles. The summed E-state index contributed by atoms with van der Waals surface area (Å²) in [6.07, 6.45) is 8.28. The van der Waals surface area contributed by atoms with Crippen molar-refractivity contribution in [3.05, 3.63) is 17.7 Å². The van der Waals surface area contributed by atoms with E-state index in [1.807, 2.05) is 12.1 Å². The Morgan fingerprint density at radius 2 is 1.69 bits per heavy atom. The van der Waals surface area contributed by atoms with E-state index in [2.05, 4.69) is 10.3 Å². The first-order valence-electron chi connectivity index (χ1n) is 9.04. The molecular weight excluding hydrogens is 445 g/mol. The number of ether oxygens (including phenoxy) is 3. The van der Waals surface area contributed by atoms with Crippen LogP contribution in [-0.2, 0) is 6.42 Å². The Kier molecular flexibility index (Phi) is 10.5. The summed E-state index contributed by atoms with van der Waals surface area (Å²) in [5.41, 5.74) is 7.07. The Bertz CT molecular complexity index is 573. The molecule has 0 saturated heterocycles. The van der Waals surface area contributed by atoms with Crippen LogP contribution in [0.25, 0.3) is 0 Å². The molecule has 6 nitrogen and oxygen atoms in total. The highest BCUT2D eigenvalue weighted by molar-refractivity contribution is 14.0. The Balaban J connectivity index is 0.00000338. The maximum absolute atomic E-state index is 6.05. The van der Waals surface area contributed by atoms with Gasteiger partial charge in [-0.25, -0.2) is 0 Å². The van der Waals surface area contributed by atoms with Crippen molar-refractivity contribution in [2.24, 2.45) is 10.7 Å². The maximum Gasteiger partial charge on any atom is 0.203 e. The molecule has 0 spiro atoms. The van der Waals surface area contributed by atoms with E-state index in [1.54, 1.807) is 21.3 Å². The van der Waals surface area contributed by atoms with Gasteiger partial charge < -0.3 is 25.3 Å². The highest BCUT2D eigenvalue weighted by Crippen LogP contribution is 2.39. The number of aliphatic imine (C=N–C) groups is 1. The third-order valence-corrected chi connectivity index (χ3v) is 4.66. The molecule has 0 radical (unpaired) electrons. The normalized spacial score (nSPS) is 15.6. The van der Waals surface area contributed by atoms with Crippen LogP contribution in [-0.4, -0.2) is 39.9 Å². The number of hydrogen-bond acceptors (Lipinski definition) is 4. The van der Waals surface area contributed by atoms with E-state index < -0.39 is 0 Å². The molecule has 0 bridgehead atoms. The van der Waals surface area contributed by atoms with Crippen molar-refractivity contribution in [2.45, 2.75) is 51.0 Å². The van der Waals surface area contributed by atoms with Gasteiger partial charge in [-0.3, -0.25) is 4.99 Å². The lowest BCUT2D eigenvalue weighted by atomic mass is 10.1. The number of guanidine groups is 1. The molecule has 0 amide bonds. The molecule has 0 heterocycles. The van der Waals surface area contributed by atoms with Gasteiger partial charge >= 0.3 is 0 Å². The molecule has 1 saturated carbocycles. The topological polar surface area (TPSA) is 78.1 Å². The lowest BCUT2D eigenvalue weighted by Crippen LogP contribution is -2.40. The van der Waals surface area contributed by atoms with Crippen LogP contribution in [0.2, 0.25) is 0 Å². The van der Waals surface area contributed by atoms with E-state index in [0.29, 0.717) is 35.8 Å². The van der Waals surface area contributed by atoms with Gasteiger partial charge in [0.1, 0.15) is 0 Å². The van der Waals surface area contributed by atoms with Crippen LogP contribution >= 0.6 is 24.0 Å². The summed E-state index contributed by atoms with van der Waals surface area (Å²) in [6.45, 7) is 0.595. The zero-order valence-corrected chi connectivity index (χ0v) is 18.4. The van der Waals surface area contributed by atoms with E-state index in [4.69, 9.17) is 19.9 Å². The highest BCUT2D eigenvalue weighted by atomic mass is 127. The van der Waals surface area contributed by atoms with Crippen molar-refractivity contribution in [3.8, 4) is 17.2 Å². The van der Waals surface area contributed by atoms with Crippen LogP contribution in [0.15, 0.2) is 17.1 Å². The van der Waals surface area contributed by atoms with Crippen LogP contribution in [0.4, 0.5) is 0 Å². The third-order valence-electron chi connectivity index (χ3n) is 4.66. The maximum atomic E-state index is 6.05. The quantitative estimate of drug-likeness (QED) is 0.272. The predicted octanol–water partition coefficient (Wildman–Crippen LogP) is 3.50. The second-order valence-corrected chi connectivity index (χ2v) is 6.34. The summed E-state index contributed by atoms with van der Waals surface area (Å²) in [5, 5.41) is 3.37. The number of benzene rings is 1. The van der Waals surface area contributed by atoms with Crippen LogP contribution in [0, 0.1) is 0 Å². The number of rotatable bonds is 7. The summed E-state index contributed by atoms with van der Waals surface area (Å²) < 4.78 is 16.2. The standard InChI is InChI=1S/C19H31N3O3.HI/c1-23-16-11-10-14(17(24-2)18(16)25-3)12-13-21-19(20)22-15-8-6-4-5-7-9-15;/h10-11,15H,4-9,12-13H2,1-3H3,(H3,20,21,22);1H. The molecule has 3 N–H and O–H groups in total. The number of nitrogens with two attached hydrogens (primary N) is 1. The van der Waals surface area contributed by atoms with Gasteiger partial charge in [-0.1, -0.05) is 31.7 Å². The summed E-state index contributed by atoms with van der Waals surface area (Å²) in [4.78, 5) is 4.47. The third kappa shape index (κ3) is 6.41.